The first kappa shape index (κ1) is 20.5. The second-order valence-corrected chi connectivity index (χ2v) is 6.74. The number of hydrogen-bond donors (Lipinski definition) is 2. The van der Waals surface area contributed by atoms with E-state index in [1.807, 2.05) is 31.9 Å². The van der Waals surface area contributed by atoms with Gasteiger partial charge in [0, 0.05) is 23.7 Å². The van der Waals surface area contributed by atoms with Crippen molar-refractivity contribution < 1.29 is 4.79 Å². The monoisotopic (exact) mass is 368 g/mol. The number of thioether (sulfide) groups is 1. The van der Waals surface area contributed by atoms with E-state index < -0.39 is 6.04 Å². The minimum atomic E-state index is -0.402. The molecule has 24 heavy (non-hydrogen) atoms. The highest BCUT2D eigenvalue weighted by atomic mass is 35.5. The topological polar surface area (TPSA) is 59.0 Å². The van der Waals surface area contributed by atoms with Gasteiger partial charge < -0.3 is 10.6 Å². The zero-order chi connectivity index (χ0) is 16.8. The highest BCUT2D eigenvalue weighted by Gasteiger charge is 2.21. The van der Waals surface area contributed by atoms with E-state index in [1.165, 1.54) is 4.90 Å². The molecule has 5 nitrogen and oxygen atoms in total. The molecule has 1 aromatic carbocycles. The summed E-state index contributed by atoms with van der Waals surface area (Å²) in [7, 11) is 3.62. The number of nitrogens with one attached hydrogen (secondary N) is 2. The van der Waals surface area contributed by atoms with Crippen molar-refractivity contribution in [2.45, 2.75) is 30.8 Å². The molecule has 2 aromatic rings. The van der Waals surface area contributed by atoms with E-state index in [-0.39, 0.29) is 24.4 Å². The predicted molar refractivity (Wildman–Crippen MR) is 102 cm³/mol. The molecule has 2 unspecified atom stereocenters. The summed E-state index contributed by atoms with van der Waals surface area (Å²) >= 11 is 1.81. The number of hydrogen-bond acceptors (Lipinski definition) is 4. The number of aryl methyl sites for hydroxylation is 1. The molecular formula is C17H25ClN4OS. The Bertz CT molecular complexity index is 644. The minimum Gasteiger partial charge on any atom is -0.348 e. The third kappa shape index (κ3) is 5.26. The van der Waals surface area contributed by atoms with Crippen LogP contribution in [0.2, 0.25) is 0 Å². The Morgan fingerprint density at radius 1 is 1.29 bits per heavy atom. The maximum Gasteiger partial charge on any atom is 0.242 e. The van der Waals surface area contributed by atoms with Crippen molar-refractivity contribution in [1.29, 1.82) is 0 Å². The van der Waals surface area contributed by atoms with Gasteiger partial charge in [-0.15, -0.1) is 24.2 Å². The number of nitrogens with zero attached hydrogens (tertiary/aromatic N) is 2. The first-order valence-corrected chi connectivity index (χ1v) is 8.72. The van der Waals surface area contributed by atoms with Gasteiger partial charge in [-0.1, -0.05) is 19.1 Å². The van der Waals surface area contributed by atoms with E-state index in [4.69, 9.17) is 0 Å². The van der Waals surface area contributed by atoms with Gasteiger partial charge in [0.15, 0.2) is 0 Å². The first-order chi connectivity index (χ1) is 11.0. The van der Waals surface area contributed by atoms with Crippen molar-refractivity contribution in [3.8, 4) is 0 Å². The molecule has 2 rings (SSSR count). The number of carbonyl (C=O) groups is 1. The van der Waals surface area contributed by atoms with Crippen LogP contribution in [-0.4, -0.2) is 28.5 Å². The van der Waals surface area contributed by atoms with Crippen LogP contribution >= 0.6 is 24.2 Å². The van der Waals surface area contributed by atoms with Gasteiger partial charge in [-0.3, -0.25) is 9.48 Å². The van der Waals surface area contributed by atoms with Gasteiger partial charge in [0.25, 0.3) is 0 Å². The fraction of sp³-hybridized carbons (Fsp3) is 0.412. The van der Waals surface area contributed by atoms with Crippen LogP contribution in [0.25, 0.3) is 0 Å². The molecule has 0 radical (unpaired) electrons. The molecule has 0 saturated heterocycles. The number of rotatable bonds is 7. The van der Waals surface area contributed by atoms with Crippen molar-refractivity contribution in [2.75, 3.05) is 12.8 Å². The van der Waals surface area contributed by atoms with Crippen LogP contribution in [0.5, 0.6) is 0 Å². The van der Waals surface area contributed by atoms with E-state index in [0.717, 1.165) is 16.9 Å². The lowest BCUT2D eigenvalue weighted by atomic mass is 10.1. The van der Waals surface area contributed by atoms with E-state index in [9.17, 15) is 4.79 Å². The van der Waals surface area contributed by atoms with Crippen molar-refractivity contribution in [1.82, 2.24) is 20.4 Å². The smallest absolute Gasteiger partial charge is 0.242 e. The zero-order valence-electron chi connectivity index (χ0n) is 14.4. The summed E-state index contributed by atoms with van der Waals surface area (Å²) in [5.41, 5.74) is 1.95. The van der Waals surface area contributed by atoms with Crippen LogP contribution in [0.4, 0.5) is 0 Å². The van der Waals surface area contributed by atoms with Crippen LogP contribution in [0.3, 0.4) is 0 Å². The number of likely N-dealkylation sites (N-methyl/N-ethyl adjacent to an activating group) is 1. The first-order valence-electron chi connectivity index (χ1n) is 7.74. The van der Waals surface area contributed by atoms with Gasteiger partial charge in [0.05, 0.1) is 12.2 Å². The summed E-state index contributed by atoms with van der Waals surface area (Å²) in [6, 6.07) is 7.89. The number of aromatic nitrogens is 2. The maximum absolute atomic E-state index is 12.5. The van der Waals surface area contributed by atoms with Crippen LogP contribution in [0.1, 0.15) is 37.1 Å². The van der Waals surface area contributed by atoms with E-state index in [1.54, 1.807) is 17.9 Å². The second-order valence-electron chi connectivity index (χ2n) is 5.40. The van der Waals surface area contributed by atoms with Gasteiger partial charge in [0.2, 0.25) is 5.91 Å². The molecule has 0 spiro atoms. The standard InChI is InChI=1S/C17H24N4OS.ClH/c1-5-23-15-8-6-13(7-9-15)12(2)20-17(22)16(18-3)14-10-19-21(4)11-14;/h6-12,16,18H,5H2,1-4H3,(H,20,22);1H. The second kappa shape index (κ2) is 9.71. The molecule has 0 bridgehead atoms. The van der Waals surface area contributed by atoms with Crippen molar-refractivity contribution in [3.63, 3.8) is 0 Å². The number of carbonyl (C=O) groups excluding carboxylic acids is 1. The summed E-state index contributed by atoms with van der Waals surface area (Å²) < 4.78 is 1.69. The Hall–Kier alpha value is -1.50. The highest BCUT2D eigenvalue weighted by Crippen LogP contribution is 2.21. The number of halogens is 1. The molecule has 7 heteroatoms. The number of amides is 1. The molecule has 0 aliphatic heterocycles. The lowest BCUT2D eigenvalue weighted by Crippen LogP contribution is -2.37. The molecule has 1 heterocycles. The molecular weight excluding hydrogens is 344 g/mol. The lowest BCUT2D eigenvalue weighted by molar-refractivity contribution is -0.123. The fourth-order valence-electron chi connectivity index (χ4n) is 2.44. The third-order valence-electron chi connectivity index (χ3n) is 3.66. The Morgan fingerprint density at radius 2 is 1.96 bits per heavy atom. The van der Waals surface area contributed by atoms with Crippen LogP contribution in [-0.2, 0) is 11.8 Å². The summed E-state index contributed by atoms with van der Waals surface area (Å²) in [4.78, 5) is 13.8. The maximum atomic E-state index is 12.5. The van der Waals surface area contributed by atoms with E-state index >= 15 is 0 Å². The lowest BCUT2D eigenvalue weighted by Gasteiger charge is -2.19. The van der Waals surface area contributed by atoms with Crippen molar-refractivity contribution in [2.24, 2.45) is 7.05 Å². The van der Waals surface area contributed by atoms with Gasteiger partial charge >= 0.3 is 0 Å². The average Bonchev–Trinajstić information content (AvgIpc) is 2.95. The summed E-state index contributed by atoms with van der Waals surface area (Å²) in [5, 5.41) is 10.2. The Balaban J connectivity index is 0.00000288. The largest absolute Gasteiger partial charge is 0.348 e. The summed E-state index contributed by atoms with van der Waals surface area (Å²) in [5.74, 6) is 1.00. The van der Waals surface area contributed by atoms with E-state index in [2.05, 4.69) is 46.9 Å². The Morgan fingerprint density at radius 3 is 2.46 bits per heavy atom. The third-order valence-corrected chi connectivity index (χ3v) is 4.55. The van der Waals surface area contributed by atoms with Gasteiger partial charge in [-0.2, -0.15) is 5.10 Å². The summed E-state index contributed by atoms with van der Waals surface area (Å²) in [6.45, 7) is 4.13. The molecule has 1 aromatic heterocycles. The van der Waals surface area contributed by atoms with Crippen molar-refractivity contribution >= 4 is 30.1 Å². The molecule has 0 aliphatic carbocycles. The molecule has 1 amide bonds. The molecule has 0 saturated carbocycles. The molecule has 2 N–H and O–H groups in total. The van der Waals surface area contributed by atoms with E-state index in [0.29, 0.717) is 0 Å². The number of benzene rings is 1. The van der Waals surface area contributed by atoms with Crippen LogP contribution in [0, 0.1) is 0 Å². The SMILES string of the molecule is CCSc1ccc(C(C)NC(=O)C(NC)c2cnn(C)c2)cc1.Cl. The minimum absolute atomic E-state index is 0. The van der Waals surface area contributed by atoms with Gasteiger partial charge in [0.1, 0.15) is 6.04 Å². The van der Waals surface area contributed by atoms with Crippen molar-refractivity contribution in [3.05, 3.63) is 47.8 Å². The fourth-order valence-corrected chi connectivity index (χ4v) is 3.10. The van der Waals surface area contributed by atoms with Crippen LogP contribution < -0.4 is 10.6 Å². The Labute approximate surface area is 154 Å². The quantitative estimate of drug-likeness (QED) is 0.737. The zero-order valence-corrected chi connectivity index (χ0v) is 16.1. The van der Waals surface area contributed by atoms with Gasteiger partial charge in [-0.05, 0) is 37.4 Å². The molecule has 0 fully saturated rings. The normalized spacial score (nSPS) is 13.0. The molecule has 2 atom stereocenters. The highest BCUT2D eigenvalue weighted by molar-refractivity contribution is 7.99. The average molecular weight is 369 g/mol. The van der Waals surface area contributed by atoms with Gasteiger partial charge in [-0.25, -0.2) is 0 Å². The predicted octanol–water partition coefficient (Wildman–Crippen LogP) is 3.09. The van der Waals surface area contributed by atoms with Crippen LogP contribution in [0.15, 0.2) is 41.6 Å². The Kier molecular flexibility index (Phi) is 8.31. The summed E-state index contributed by atoms with van der Waals surface area (Å²) in [6.07, 6.45) is 3.56. The molecule has 132 valence electrons. The molecule has 0 aliphatic rings.